The molecular weight excluding hydrogens is 584 g/mol. The van der Waals surface area contributed by atoms with Crippen LogP contribution in [0.2, 0.25) is 0 Å². The van der Waals surface area contributed by atoms with Crippen LogP contribution in [0.3, 0.4) is 0 Å². The fraction of sp³-hybridized carbons (Fsp3) is 0.250. The Morgan fingerprint density at radius 2 is 1.81 bits per heavy atom. The van der Waals surface area contributed by atoms with Crippen LogP contribution in [0.5, 0.6) is 0 Å². The number of nitrogens with one attached hydrogen (secondary N) is 2. The number of oxazole rings is 1. The quantitative estimate of drug-likeness (QED) is 0.220. The molecule has 1 fully saturated rings. The van der Waals surface area contributed by atoms with Gasteiger partial charge in [0.1, 0.15) is 12.1 Å². The van der Waals surface area contributed by atoms with Crippen LogP contribution in [0.15, 0.2) is 64.5 Å². The number of carboxylic acids is 1. The molecular formula is C28H25F2N7O5S. The van der Waals surface area contributed by atoms with Crippen molar-refractivity contribution < 1.29 is 31.5 Å². The minimum atomic E-state index is -4.12. The molecule has 0 bridgehead atoms. The maximum absolute atomic E-state index is 14.9. The standard InChI is InChI=1S/C28H25F2N7O5S/c1-15-5-7-19(8-6-15)43(40,41)37-13-21(20-9-16(29)11-32-26(20)37)24-31-12-22(30)25(36-24)33-17-3-2-4-18(10-17)34-28-35-23(14-42-28)27(38)39/h5-9,11-14,17-18H,2-4,10H2,1H3,(H,34,35)(H,38,39)(H,31,33,36)/t17-,18+/m0/s1. The molecule has 0 spiro atoms. The summed E-state index contributed by atoms with van der Waals surface area (Å²) in [4.78, 5) is 27.5. The Labute approximate surface area is 243 Å². The molecule has 1 aromatic carbocycles. The van der Waals surface area contributed by atoms with Crippen molar-refractivity contribution in [3.8, 4) is 11.4 Å². The average molecular weight is 610 g/mol. The highest BCUT2D eigenvalue weighted by Crippen LogP contribution is 2.32. The molecule has 4 aromatic heterocycles. The van der Waals surface area contributed by atoms with E-state index in [1.54, 1.807) is 12.1 Å². The molecule has 0 saturated heterocycles. The van der Waals surface area contributed by atoms with E-state index in [9.17, 15) is 22.0 Å². The van der Waals surface area contributed by atoms with Gasteiger partial charge in [0, 0.05) is 29.2 Å². The first kappa shape index (κ1) is 28.2. The number of anilines is 2. The van der Waals surface area contributed by atoms with Crippen molar-refractivity contribution >= 4 is 38.9 Å². The minimum absolute atomic E-state index is 0.0134. The van der Waals surface area contributed by atoms with Crippen molar-refractivity contribution in [3.63, 3.8) is 0 Å². The molecule has 3 N–H and O–H groups in total. The van der Waals surface area contributed by atoms with Gasteiger partial charge in [0.05, 0.1) is 17.3 Å². The van der Waals surface area contributed by atoms with Gasteiger partial charge in [-0.25, -0.2) is 40.9 Å². The number of fused-ring (bicyclic) bond motifs is 1. The fourth-order valence-electron chi connectivity index (χ4n) is 5.10. The largest absolute Gasteiger partial charge is 0.476 e. The van der Waals surface area contributed by atoms with Gasteiger partial charge in [0.25, 0.3) is 16.0 Å². The molecule has 5 aromatic rings. The van der Waals surface area contributed by atoms with Gasteiger partial charge in [-0.3, -0.25) is 0 Å². The van der Waals surface area contributed by atoms with Crippen LogP contribution in [0.25, 0.3) is 22.4 Å². The summed E-state index contributed by atoms with van der Waals surface area (Å²) in [6.07, 6.45) is 6.94. The Morgan fingerprint density at radius 1 is 1.07 bits per heavy atom. The Kier molecular flexibility index (Phi) is 7.25. The second kappa shape index (κ2) is 11.1. The van der Waals surface area contributed by atoms with Gasteiger partial charge in [0.15, 0.2) is 28.8 Å². The number of halogens is 2. The van der Waals surface area contributed by atoms with Gasteiger partial charge in [-0.1, -0.05) is 17.7 Å². The third-order valence-electron chi connectivity index (χ3n) is 7.21. The van der Waals surface area contributed by atoms with Gasteiger partial charge in [0.2, 0.25) is 0 Å². The first-order valence-electron chi connectivity index (χ1n) is 13.3. The number of carboxylic acid groups (broad SMARTS) is 1. The van der Waals surface area contributed by atoms with Crippen molar-refractivity contribution in [1.82, 2.24) is 23.9 Å². The highest BCUT2D eigenvalue weighted by atomic mass is 32.2. The van der Waals surface area contributed by atoms with E-state index in [1.807, 2.05) is 6.92 Å². The SMILES string of the molecule is Cc1ccc(S(=O)(=O)n2cc(-c3ncc(F)c(N[C@H]4CCC[C@@H](Nc5nc(C(=O)O)co5)C4)n3)c3cc(F)cnc32)cc1. The van der Waals surface area contributed by atoms with E-state index >= 15 is 0 Å². The molecule has 0 aliphatic heterocycles. The zero-order chi connectivity index (χ0) is 30.3. The van der Waals surface area contributed by atoms with Gasteiger partial charge in [-0.15, -0.1) is 0 Å². The highest BCUT2D eigenvalue weighted by Gasteiger charge is 2.27. The summed E-state index contributed by atoms with van der Waals surface area (Å²) in [6.45, 7) is 1.83. The number of aryl methyl sites for hydroxylation is 1. The van der Waals surface area contributed by atoms with Crippen molar-refractivity contribution in [2.24, 2.45) is 0 Å². The first-order valence-corrected chi connectivity index (χ1v) is 14.8. The van der Waals surface area contributed by atoms with Crippen molar-refractivity contribution in [2.45, 2.75) is 49.6 Å². The predicted molar refractivity (Wildman–Crippen MR) is 151 cm³/mol. The van der Waals surface area contributed by atoms with E-state index < -0.39 is 27.6 Å². The number of benzene rings is 1. The van der Waals surface area contributed by atoms with Crippen LogP contribution in [-0.4, -0.2) is 55.5 Å². The molecule has 1 aliphatic carbocycles. The maximum atomic E-state index is 14.9. The number of rotatable bonds is 8. The van der Waals surface area contributed by atoms with E-state index in [-0.39, 0.29) is 56.9 Å². The van der Waals surface area contributed by atoms with Crippen LogP contribution >= 0.6 is 0 Å². The number of pyridine rings is 1. The maximum Gasteiger partial charge on any atom is 0.357 e. The average Bonchev–Trinajstić information content (AvgIpc) is 3.60. The van der Waals surface area contributed by atoms with Crippen LogP contribution in [-0.2, 0) is 10.0 Å². The zero-order valence-corrected chi connectivity index (χ0v) is 23.5. The number of aromatic nitrogens is 5. The zero-order valence-electron chi connectivity index (χ0n) is 22.7. The summed E-state index contributed by atoms with van der Waals surface area (Å²) in [5.74, 6) is -2.75. The minimum Gasteiger partial charge on any atom is -0.476 e. The number of hydrogen-bond donors (Lipinski definition) is 3. The van der Waals surface area contributed by atoms with E-state index in [0.717, 1.165) is 47.1 Å². The lowest BCUT2D eigenvalue weighted by atomic mass is 9.91. The Balaban J connectivity index is 1.29. The number of hydrogen-bond acceptors (Lipinski definition) is 10. The monoisotopic (exact) mass is 609 g/mol. The lowest BCUT2D eigenvalue weighted by Crippen LogP contribution is -2.35. The summed E-state index contributed by atoms with van der Waals surface area (Å²) < 4.78 is 62.5. The summed E-state index contributed by atoms with van der Waals surface area (Å²) in [5, 5.41) is 15.4. The number of nitrogens with zero attached hydrogens (tertiary/aromatic N) is 5. The molecule has 2 atom stereocenters. The Hall–Kier alpha value is -4.92. The van der Waals surface area contributed by atoms with Crippen LogP contribution in [0, 0.1) is 18.6 Å². The van der Waals surface area contributed by atoms with Crippen LogP contribution in [0.1, 0.15) is 41.7 Å². The van der Waals surface area contributed by atoms with E-state index in [0.29, 0.717) is 12.8 Å². The topological polar surface area (TPSA) is 165 Å². The second-order valence-electron chi connectivity index (χ2n) is 10.3. The summed E-state index contributed by atoms with van der Waals surface area (Å²) >= 11 is 0. The Bertz CT molecular complexity index is 1940. The van der Waals surface area contributed by atoms with Gasteiger partial charge >= 0.3 is 5.97 Å². The lowest BCUT2D eigenvalue weighted by molar-refractivity contribution is 0.0690. The van der Waals surface area contributed by atoms with Gasteiger partial charge < -0.3 is 20.2 Å². The third kappa shape index (κ3) is 5.62. The van der Waals surface area contributed by atoms with E-state index in [2.05, 4.69) is 30.6 Å². The molecule has 12 nitrogen and oxygen atoms in total. The molecule has 6 rings (SSSR count). The van der Waals surface area contributed by atoms with Crippen LogP contribution < -0.4 is 10.6 Å². The fourth-order valence-corrected chi connectivity index (χ4v) is 6.42. The normalized spacial score (nSPS) is 17.2. The summed E-state index contributed by atoms with van der Waals surface area (Å²) in [6, 6.07) is 7.12. The smallest absolute Gasteiger partial charge is 0.357 e. The molecule has 0 amide bonds. The van der Waals surface area contributed by atoms with Gasteiger partial charge in [-0.2, -0.15) is 4.98 Å². The highest BCUT2D eigenvalue weighted by molar-refractivity contribution is 7.90. The Morgan fingerprint density at radius 3 is 2.53 bits per heavy atom. The van der Waals surface area contributed by atoms with Crippen molar-refractivity contribution in [2.75, 3.05) is 10.6 Å². The molecule has 0 radical (unpaired) electrons. The number of carbonyl (C=O) groups is 1. The van der Waals surface area contributed by atoms with Crippen LogP contribution in [0.4, 0.5) is 20.6 Å². The summed E-state index contributed by atoms with van der Waals surface area (Å²) in [7, 11) is -4.12. The summed E-state index contributed by atoms with van der Waals surface area (Å²) in [5.41, 5.74) is 0.786. The molecule has 43 heavy (non-hydrogen) atoms. The molecule has 15 heteroatoms. The molecule has 0 unspecified atom stereocenters. The molecule has 1 saturated carbocycles. The lowest BCUT2D eigenvalue weighted by Gasteiger charge is -2.30. The molecule has 1 aliphatic rings. The molecule has 4 heterocycles. The van der Waals surface area contributed by atoms with Crippen molar-refractivity contribution in [1.29, 1.82) is 0 Å². The predicted octanol–water partition coefficient (Wildman–Crippen LogP) is 4.84. The van der Waals surface area contributed by atoms with Crippen molar-refractivity contribution in [3.05, 3.63) is 78.1 Å². The molecule has 222 valence electrons. The number of aromatic carboxylic acids is 1. The second-order valence-corrected chi connectivity index (χ2v) is 12.1. The first-order chi connectivity index (χ1) is 20.6. The third-order valence-corrected chi connectivity index (χ3v) is 8.87. The van der Waals surface area contributed by atoms with Gasteiger partial charge in [-0.05, 0) is 50.8 Å². The van der Waals surface area contributed by atoms with E-state index in [1.165, 1.54) is 18.3 Å². The van der Waals surface area contributed by atoms with E-state index in [4.69, 9.17) is 9.52 Å².